The van der Waals surface area contributed by atoms with Crippen LogP contribution in [0.15, 0.2) is 23.3 Å². The Morgan fingerprint density at radius 3 is 2.42 bits per heavy atom. The van der Waals surface area contributed by atoms with Crippen molar-refractivity contribution in [1.82, 2.24) is 5.43 Å². The Hall–Kier alpha value is -3.72. The number of hydrazone groups is 1. The molecule has 33 heavy (non-hydrogen) atoms. The molecule has 4 N–H and O–H groups in total. The molecule has 0 bridgehead atoms. The maximum Gasteiger partial charge on any atom is 0.236 e. The first-order valence-electron chi connectivity index (χ1n) is 10.4. The molecule has 2 aliphatic rings. The van der Waals surface area contributed by atoms with Gasteiger partial charge in [-0.3, -0.25) is 14.4 Å². The average molecular weight is 452 g/mol. The van der Waals surface area contributed by atoms with E-state index in [1.807, 2.05) is 6.92 Å². The lowest BCUT2D eigenvalue weighted by Gasteiger charge is -2.37. The fourth-order valence-corrected chi connectivity index (χ4v) is 4.74. The smallest absolute Gasteiger partial charge is 0.236 e. The predicted octanol–water partition coefficient (Wildman–Crippen LogP) is 1.86. The second-order valence-corrected chi connectivity index (χ2v) is 8.57. The molecule has 2 aromatic carbocycles. The van der Waals surface area contributed by atoms with E-state index in [1.165, 1.54) is 20.1 Å². The zero-order valence-electron chi connectivity index (χ0n) is 18.5. The summed E-state index contributed by atoms with van der Waals surface area (Å²) in [6.07, 6.45) is 0.824. The number of phenolic OH excluding ortho intramolecular Hbond substituents is 2. The molecule has 0 aromatic heterocycles. The third-order valence-corrected chi connectivity index (χ3v) is 6.52. The predicted molar refractivity (Wildman–Crippen MR) is 118 cm³/mol. The van der Waals surface area contributed by atoms with Crippen LogP contribution in [0.4, 0.5) is 0 Å². The van der Waals surface area contributed by atoms with Crippen molar-refractivity contribution in [2.24, 2.45) is 10.5 Å². The maximum atomic E-state index is 13.3. The number of carbonyl (C=O) groups excluding carboxylic acids is 3. The molecule has 0 spiro atoms. The molecule has 0 fully saturated rings. The number of ether oxygens (including phenoxy) is 1. The minimum absolute atomic E-state index is 0.0535. The summed E-state index contributed by atoms with van der Waals surface area (Å²) in [7, 11) is 1.38. The summed E-state index contributed by atoms with van der Waals surface area (Å²) < 4.78 is 5.25. The third kappa shape index (κ3) is 3.36. The topological polar surface area (TPSA) is 146 Å². The molecule has 0 saturated carbocycles. The number of nitrogens with zero attached hydrogens (tertiary/aromatic N) is 1. The Morgan fingerprint density at radius 1 is 1.12 bits per heavy atom. The van der Waals surface area contributed by atoms with Crippen LogP contribution in [-0.4, -0.2) is 52.2 Å². The van der Waals surface area contributed by atoms with Crippen LogP contribution in [0.3, 0.4) is 0 Å². The number of methoxy groups -OCH3 is 1. The summed E-state index contributed by atoms with van der Waals surface area (Å²) >= 11 is 0. The molecule has 2 aliphatic carbocycles. The van der Waals surface area contributed by atoms with E-state index < -0.39 is 29.5 Å². The molecule has 0 unspecified atom stereocenters. The highest BCUT2D eigenvalue weighted by Crippen LogP contribution is 2.49. The molecular weight excluding hydrogens is 428 g/mol. The third-order valence-electron chi connectivity index (χ3n) is 6.52. The number of ketones is 2. The summed E-state index contributed by atoms with van der Waals surface area (Å²) in [5, 5.41) is 36.1. The van der Waals surface area contributed by atoms with Crippen molar-refractivity contribution in [2.45, 2.75) is 33.1 Å². The van der Waals surface area contributed by atoms with Gasteiger partial charge in [0.1, 0.15) is 17.2 Å². The fraction of sp³-hybridized carbons (Fsp3) is 0.333. The first kappa shape index (κ1) is 22.5. The van der Waals surface area contributed by atoms with Crippen molar-refractivity contribution in [3.05, 3.63) is 51.6 Å². The highest BCUT2D eigenvalue weighted by molar-refractivity contribution is 6.31. The molecule has 1 atom stereocenters. The van der Waals surface area contributed by atoms with E-state index in [-0.39, 0.29) is 52.3 Å². The Bertz CT molecular complexity index is 1250. The number of fused-ring (bicyclic) bond motifs is 3. The molecule has 1 amide bonds. The number of amides is 1. The number of aromatic hydroxyl groups is 2. The first-order valence-corrected chi connectivity index (χ1v) is 10.4. The van der Waals surface area contributed by atoms with Crippen molar-refractivity contribution >= 4 is 23.2 Å². The van der Waals surface area contributed by atoms with Crippen molar-refractivity contribution in [3.8, 4) is 17.2 Å². The van der Waals surface area contributed by atoms with Crippen molar-refractivity contribution in [1.29, 1.82) is 0 Å². The standard InChI is InChI=1S/C24H24N2O7/c1-11(28)25-26-16(10-27)24(2)8-7-12-14(9-24)22(31)18-19(20(12)29)23(32)17-13(21(18)30)5-4-6-15(17)33-3/h4-6,27,29,31H,7-10H2,1-3H3,(H,25,28)/b26-16+/t24-/m0/s1. The zero-order valence-corrected chi connectivity index (χ0v) is 18.5. The van der Waals surface area contributed by atoms with Crippen molar-refractivity contribution < 1.29 is 34.4 Å². The monoisotopic (exact) mass is 452 g/mol. The number of rotatable bonds is 4. The Morgan fingerprint density at radius 2 is 1.79 bits per heavy atom. The summed E-state index contributed by atoms with van der Waals surface area (Å²) in [5.41, 5.74) is 2.22. The van der Waals surface area contributed by atoms with Gasteiger partial charge in [-0.1, -0.05) is 19.1 Å². The molecular formula is C24H24N2O7. The molecule has 9 nitrogen and oxygen atoms in total. The van der Waals surface area contributed by atoms with E-state index in [9.17, 15) is 29.7 Å². The number of carbonyl (C=O) groups is 3. The Balaban J connectivity index is 1.88. The average Bonchev–Trinajstić information content (AvgIpc) is 2.79. The summed E-state index contributed by atoms with van der Waals surface area (Å²) in [4.78, 5) is 37.9. The van der Waals surface area contributed by atoms with Crippen molar-refractivity contribution in [2.75, 3.05) is 13.7 Å². The molecule has 4 rings (SSSR count). The molecule has 9 heteroatoms. The number of nitrogens with one attached hydrogen (secondary N) is 1. The number of hydrogen-bond donors (Lipinski definition) is 4. The fourth-order valence-electron chi connectivity index (χ4n) is 4.74. The van der Waals surface area contributed by atoms with E-state index in [1.54, 1.807) is 12.1 Å². The quantitative estimate of drug-likeness (QED) is 0.268. The zero-order chi connectivity index (χ0) is 24.1. The van der Waals surface area contributed by atoms with Gasteiger partial charge in [0, 0.05) is 29.0 Å². The van der Waals surface area contributed by atoms with Gasteiger partial charge in [0.25, 0.3) is 0 Å². The van der Waals surface area contributed by atoms with E-state index in [2.05, 4.69) is 10.5 Å². The number of benzene rings is 2. The van der Waals surface area contributed by atoms with Crippen LogP contribution < -0.4 is 10.2 Å². The lowest BCUT2D eigenvalue weighted by Crippen LogP contribution is -2.38. The second-order valence-electron chi connectivity index (χ2n) is 8.57. The first-order chi connectivity index (χ1) is 15.6. The van der Waals surface area contributed by atoms with Crippen LogP contribution in [0.2, 0.25) is 0 Å². The minimum Gasteiger partial charge on any atom is -0.507 e. The van der Waals surface area contributed by atoms with Gasteiger partial charge in [0.05, 0.1) is 36.1 Å². The molecule has 0 aliphatic heterocycles. The van der Waals surface area contributed by atoms with E-state index in [0.29, 0.717) is 23.3 Å². The summed E-state index contributed by atoms with van der Waals surface area (Å²) in [5.74, 6) is -2.07. The summed E-state index contributed by atoms with van der Waals surface area (Å²) in [6.45, 7) is 2.69. The highest BCUT2D eigenvalue weighted by atomic mass is 16.5. The SMILES string of the molecule is COc1cccc2c1C(=O)c1c(O)c3c(c(O)c1C2=O)C[C@@](C)(/C(CO)=N/NC(C)=O)CC3. The van der Waals surface area contributed by atoms with Gasteiger partial charge in [-0.15, -0.1) is 0 Å². The molecule has 0 saturated heterocycles. The molecule has 0 radical (unpaired) electrons. The number of hydrogen-bond acceptors (Lipinski definition) is 8. The van der Waals surface area contributed by atoms with E-state index in [0.717, 1.165) is 0 Å². The lowest BCUT2D eigenvalue weighted by atomic mass is 9.67. The van der Waals surface area contributed by atoms with Gasteiger partial charge in [0.15, 0.2) is 5.78 Å². The van der Waals surface area contributed by atoms with Crippen LogP contribution in [0.5, 0.6) is 17.2 Å². The summed E-state index contributed by atoms with van der Waals surface area (Å²) in [6, 6.07) is 4.61. The molecule has 2 aromatic rings. The second kappa shape index (κ2) is 8.00. The van der Waals surface area contributed by atoms with Gasteiger partial charge in [0.2, 0.25) is 11.7 Å². The minimum atomic E-state index is -0.759. The van der Waals surface area contributed by atoms with Crippen LogP contribution >= 0.6 is 0 Å². The largest absolute Gasteiger partial charge is 0.507 e. The van der Waals surface area contributed by atoms with E-state index in [4.69, 9.17) is 4.74 Å². The van der Waals surface area contributed by atoms with E-state index >= 15 is 0 Å². The van der Waals surface area contributed by atoms with Crippen LogP contribution in [0.25, 0.3) is 0 Å². The lowest BCUT2D eigenvalue weighted by molar-refractivity contribution is -0.118. The normalized spacial score (nSPS) is 19.5. The maximum absolute atomic E-state index is 13.3. The van der Waals surface area contributed by atoms with Gasteiger partial charge in [-0.25, -0.2) is 5.43 Å². The van der Waals surface area contributed by atoms with Gasteiger partial charge >= 0.3 is 0 Å². The van der Waals surface area contributed by atoms with Crippen LogP contribution in [0, 0.1) is 5.41 Å². The molecule has 0 heterocycles. The van der Waals surface area contributed by atoms with Gasteiger partial charge < -0.3 is 20.1 Å². The number of aliphatic hydroxyl groups is 1. The van der Waals surface area contributed by atoms with Gasteiger partial charge in [-0.05, 0) is 25.3 Å². The number of aliphatic hydroxyl groups excluding tert-OH is 1. The van der Waals surface area contributed by atoms with Crippen molar-refractivity contribution in [3.63, 3.8) is 0 Å². The van der Waals surface area contributed by atoms with Crippen LogP contribution in [-0.2, 0) is 17.6 Å². The van der Waals surface area contributed by atoms with Gasteiger partial charge in [-0.2, -0.15) is 5.10 Å². The number of phenols is 2. The Labute approximate surface area is 189 Å². The Kier molecular flexibility index (Phi) is 5.45. The van der Waals surface area contributed by atoms with Crippen LogP contribution in [0.1, 0.15) is 63.2 Å². The highest BCUT2D eigenvalue weighted by Gasteiger charge is 2.43. The molecule has 172 valence electrons.